The minimum Gasteiger partial charge on any atom is -0.387 e. The number of rotatable bonds is 5. The minimum atomic E-state index is -4.36. The van der Waals surface area contributed by atoms with Crippen molar-refractivity contribution >= 4 is 21.4 Å². The molecule has 0 fully saturated rings. The van der Waals surface area contributed by atoms with Crippen molar-refractivity contribution in [2.24, 2.45) is 0 Å². The molecular formula is C12H11F2NO3S2. The highest BCUT2D eigenvalue weighted by Gasteiger charge is 2.24. The Morgan fingerprint density at radius 2 is 1.90 bits per heavy atom. The van der Waals surface area contributed by atoms with Crippen molar-refractivity contribution < 1.29 is 22.3 Å². The molecule has 0 spiro atoms. The first kappa shape index (κ1) is 15.0. The van der Waals surface area contributed by atoms with Crippen molar-refractivity contribution in [1.82, 2.24) is 4.72 Å². The van der Waals surface area contributed by atoms with E-state index in [0.717, 1.165) is 18.2 Å². The number of nitrogens with one attached hydrogen (secondary N) is 1. The van der Waals surface area contributed by atoms with Gasteiger partial charge in [0, 0.05) is 6.54 Å². The minimum absolute atomic E-state index is 0.368. The second kappa shape index (κ2) is 5.96. The van der Waals surface area contributed by atoms with Crippen molar-refractivity contribution in [3.8, 4) is 0 Å². The monoisotopic (exact) mass is 319 g/mol. The van der Waals surface area contributed by atoms with Crippen molar-refractivity contribution in [2.45, 2.75) is 11.0 Å². The third-order valence-corrected chi connectivity index (χ3v) is 4.76. The maximum absolute atomic E-state index is 13.4. The van der Waals surface area contributed by atoms with Gasteiger partial charge in [-0.2, -0.15) is 11.3 Å². The fourth-order valence-electron chi connectivity index (χ4n) is 1.58. The molecule has 2 N–H and O–H groups in total. The second-order valence-electron chi connectivity index (χ2n) is 3.98. The maximum Gasteiger partial charge on any atom is 0.246 e. The summed E-state index contributed by atoms with van der Waals surface area (Å²) in [5, 5.41) is 13.1. The van der Waals surface area contributed by atoms with Crippen molar-refractivity contribution in [1.29, 1.82) is 0 Å². The summed E-state index contributed by atoms with van der Waals surface area (Å²) >= 11 is 1.35. The van der Waals surface area contributed by atoms with E-state index in [9.17, 15) is 22.3 Å². The van der Waals surface area contributed by atoms with E-state index >= 15 is 0 Å². The fourth-order valence-corrected chi connectivity index (χ4v) is 3.46. The molecule has 0 amide bonds. The molecule has 20 heavy (non-hydrogen) atoms. The first-order valence-corrected chi connectivity index (χ1v) is 7.98. The quantitative estimate of drug-likeness (QED) is 0.886. The molecule has 0 radical (unpaired) electrons. The van der Waals surface area contributed by atoms with Crippen LogP contribution in [-0.2, 0) is 10.0 Å². The molecular weight excluding hydrogens is 308 g/mol. The fraction of sp³-hybridized carbons (Fsp3) is 0.167. The van der Waals surface area contributed by atoms with Gasteiger partial charge in [0.1, 0.15) is 11.6 Å². The average molecular weight is 319 g/mol. The summed E-state index contributed by atoms with van der Waals surface area (Å²) < 4.78 is 52.5. The van der Waals surface area contributed by atoms with Gasteiger partial charge in [-0.25, -0.2) is 21.9 Å². The largest absolute Gasteiger partial charge is 0.387 e. The zero-order valence-corrected chi connectivity index (χ0v) is 11.7. The summed E-state index contributed by atoms with van der Waals surface area (Å²) in [6.07, 6.45) is -1.08. The molecule has 0 saturated carbocycles. The van der Waals surface area contributed by atoms with Gasteiger partial charge in [-0.1, -0.05) is 6.07 Å². The smallest absolute Gasteiger partial charge is 0.246 e. The Morgan fingerprint density at radius 1 is 1.25 bits per heavy atom. The van der Waals surface area contributed by atoms with Gasteiger partial charge >= 0.3 is 0 Å². The summed E-state index contributed by atoms with van der Waals surface area (Å²) in [4.78, 5) is -1.04. The number of halogens is 2. The number of sulfonamides is 1. The summed E-state index contributed by atoms with van der Waals surface area (Å²) in [7, 11) is -4.36. The van der Waals surface area contributed by atoms with E-state index in [0.29, 0.717) is 5.56 Å². The van der Waals surface area contributed by atoms with Gasteiger partial charge in [-0.15, -0.1) is 0 Å². The molecule has 2 aromatic rings. The van der Waals surface area contributed by atoms with Crippen LogP contribution in [0.1, 0.15) is 11.7 Å². The number of hydrogen-bond donors (Lipinski definition) is 2. The van der Waals surface area contributed by atoms with Crippen LogP contribution >= 0.6 is 11.3 Å². The predicted octanol–water partition coefficient (Wildman–Crippen LogP) is 2.04. The molecule has 4 nitrogen and oxygen atoms in total. The molecule has 0 aliphatic rings. The zero-order chi connectivity index (χ0) is 14.8. The number of thiophene rings is 1. The SMILES string of the molecule is O=S(=O)(NC[C@@H](O)c1ccsc1)c1c(F)cccc1F. The summed E-state index contributed by atoms with van der Waals surface area (Å²) in [6, 6.07) is 4.41. The lowest BCUT2D eigenvalue weighted by atomic mass is 10.2. The Hall–Kier alpha value is -1.35. The van der Waals surface area contributed by atoms with E-state index < -0.39 is 32.7 Å². The van der Waals surface area contributed by atoms with E-state index in [1.807, 2.05) is 4.72 Å². The molecule has 0 aliphatic carbocycles. The lowest BCUT2D eigenvalue weighted by Crippen LogP contribution is -2.29. The molecule has 2 rings (SSSR count). The highest BCUT2D eigenvalue weighted by atomic mass is 32.2. The summed E-state index contributed by atoms with van der Waals surface area (Å²) in [5.74, 6) is -2.36. The van der Waals surface area contributed by atoms with Crippen LogP contribution in [0.5, 0.6) is 0 Å². The molecule has 0 aliphatic heterocycles. The Bertz CT molecular complexity index is 666. The first-order valence-electron chi connectivity index (χ1n) is 5.55. The first-order chi connectivity index (χ1) is 9.42. The van der Waals surface area contributed by atoms with E-state index in [4.69, 9.17) is 0 Å². The average Bonchev–Trinajstić information content (AvgIpc) is 2.89. The predicted molar refractivity (Wildman–Crippen MR) is 70.8 cm³/mol. The third kappa shape index (κ3) is 3.21. The highest BCUT2D eigenvalue weighted by Crippen LogP contribution is 2.20. The van der Waals surface area contributed by atoms with E-state index in [1.165, 1.54) is 11.3 Å². The number of aliphatic hydroxyl groups is 1. The van der Waals surface area contributed by atoms with Crippen molar-refractivity contribution in [3.05, 3.63) is 52.2 Å². The van der Waals surface area contributed by atoms with Crippen LogP contribution in [0.4, 0.5) is 8.78 Å². The Labute approximate surface area is 118 Å². The van der Waals surface area contributed by atoms with Gasteiger partial charge < -0.3 is 5.11 Å². The van der Waals surface area contributed by atoms with Gasteiger partial charge in [-0.3, -0.25) is 0 Å². The molecule has 0 saturated heterocycles. The number of aliphatic hydroxyl groups excluding tert-OH is 1. The van der Waals surface area contributed by atoms with E-state index in [1.54, 1.807) is 16.8 Å². The van der Waals surface area contributed by atoms with E-state index in [-0.39, 0.29) is 6.54 Å². The standard InChI is InChI=1S/C12H11F2NO3S2/c13-9-2-1-3-10(14)12(9)20(17,18)15-6-11(16)8-4-5-19-7-8/h1-5,7,11,15-16H,6H2/t11-/m1/s1. The lowest BCUT2D eigenvalue weighted by Gasteiger charge is -2.12. The number of benzene rings is 1. The van der Waals surface area contributed by atoms with Crippen LogP contribution in [0.15, 0.2) is 39.9 Å². The van der Waals surface area contributed by atoms with Gasteiger partial charge in [0.2, 0.25) is 10.0 Å². The molecule has 1 atom stereocenters. The lowest BCUT2D eigenvalue weighted by molar-refractivity contribution is 0.182. The van der Waals surface area contributed by atoms with E-state index in [2.05, 4.69) is 0 Å². The third-order valence-electron chi connectivity index (χ3n) is 2.58. The maximum atomic E-state index is 13.4. The van der Waals surface area contributed by atoms with Crippen molar-refractivity contribution in [3.63, 3.8) is 0 Å². The summed E-state index contributed by atoms with van der Waals surface area (Å²) in [5.41, 5.74) is 0.534. The van der Waals surface area contributed by atoms with Crippen LogP contribution in [0.25, 0.3) is 0 Å². The molecule has 1 aromatic carbocycles. The molecule has 108 valence electrons. The van der Waals surface area contributed by atoms with Crippen LogP contribution in [0.2, 0.25) is 0 Å². The summed E-state index contributed by atoms with van der Waals surface area (Å²) in [6.45, 7) is -0.368. The molecule has 1 heterocycles. The highest BCUT2D eigenvalue weighted by molar-refractivity contribution is 7.89. The molecule has 8 heteroatoms. The van der Waals surface area contributed by atoms with Gasteiger partial charge in [0.05, 0.1) is 6.10 Å². The van der Waals surface area contributed by atoms with Crippen LogP contribution in [0, 0.1) is 11.6 Å². The normalized spacial score (nSPS) is 13.3. The van der Waals surface area contributed by atoms with Crippen LogP contribution in [0.3, 0.4) is 0 Å². The van der Waals surface area contributed by atoms with Gasteiger partial charge in [0.15, 0.2) is 4.90 Å². The van der Waals surface area contributed by atoms with Crippen LogP contribution in [-0.4, -0.2) is 20.1 Å². The van der Waals surface area contributed by atoms with Gasteiger partial charge in [-0.05, 0) is 34.5 Å². The Kier molecular flexibility index (Phi) is 4.48. The molecule has 0 bridgehead atoms. The Morgan fingerprint density at radius 3 is 2.45 bits per heavy atom. The number of hydrogen-bond acceptors (Lipinski definition) is 4. The Balaban J connectivity index is 2.16. The molecule has 1 aromatic heterocycles. The van der Waals surface area contributed by atoms with Crippen molar-refractivity contribution in [2.75, 3.05) is 6.54 Å². The molecule has 0 unspecified atom stereocenters. The zero-order valence-electron chi connectivity index (χ0n) is 10.1. The van der Waals surface area contributed by atoms with Crippen LogP contribution < -0.4 is 4.72 Å². The van der Waals surface area contributed by atoms with Gasteiger partial charge in [0.25, 0.3) is 0 Å². The topological polar surface area (TPSA) is 66.4 Å². The second-order valence-corrected chi connectivity index (χ2v) is 6.46.